The summed E-state index contributed by atoms with van der Waals surface area (Å²) in [5.74, 6) is -0.290. The van der Waals surface area contributed by atoms with E-state index < -0.39 is 0 Å². The first-order valence-electron chi connectivity index (χ1n) is 7.84. The summed E-state index contributed by atoms with van der Waals surface area (Å²) < 4.78 is 13.1. The van der Waals surface area contributed by atoms with Gasteiger partial charge in [-0.15, -0.1) is 0 Å². The average molecular weight is 335 g/mol. The topological polar surface area (TPSA) is 41.0 Å². The highest BCUT2D eigenvalue weighted by Crippen LogP contribution is 2.21. The molecule has 1 N–H and O–H groups in total. The van der Waals surface area contributed by atoms with E-state index in [0.717, 1.165) is 50.1 Å². The van der Waals surface area contributed by atoms with Crippen LogP contribution in [0.2, 0.25) is 5.02 Å². The smallest absolute Gasteiger partial charge is 0.124 e. The Kier molecular flexibility index (Phi) is 5.54. The molecule has 2 heterocycles. The van der Waals surface area contributed by atoms with Crippen LogP contribution < -0.4 is 5.32 Å². The number of nitrogens with zero attached hydrogens (tertiary/aromatic N) is 3. The van der Waals surface area contributed by atoms with Crippen LogP contribution in [0.25, 0.3) is 0 Å². The molecule has 1 aliphatic rings. The van der Waals surface area contributed by atoms with Crippen LogP contribution in [0, 0.1) is 5.82 Å². The molecule has 1 aromatic heterocycles. The fraction of sp³-hybridized carbons (Fsp3) is 0.412. The van der Waals surface area contributed by atoms with E-state index in [1.807, 2.05) is 12.4 Å². The molecule has 0 saturated carbocycles. The van der Waals surface area contributed by atoms with E-state index in [2.05, 4.69) is 20.2 Å². The monoisotopic (exact) mass is 334 g/mol. The van der Waals surface area contributed by atoms with Gasteiger partial charge in [0.25, 0.3) is 0 Å². The maximum atomic E-state index is 13.1. The molecule has 4 nitrogen and oxygen atoms in total. The van der Waals surface area contributed by atoms with Crippen molar-refractivity contribution in [2.24, 2.45) is 0 Å². The molecule has 3 rings (SSSR count). The lowest BCUT2D eigenvalue weighted by Crippen LogP contribution is -2.45. The number of hydrogen-bond acceptors (Lipinski definition) is 4. The molecule has 23 heavy (non-hydrogen) atoms. The number of aromatic nitrogens is 2. The van der Waals surface area contributed by atoms with E-state index in [9.17, 15) is 4.39 Å². The minimum absolute atomic E-state index is 0.290. The molecular formula is C17H20ClFN4. The first-order chi connectivity index (χ1) is 11.2. The van der Waals surface area contributed by atoms with E-state index in [-0.39, 0.29) is 5.82 Å². The second-order valence-corrected chi connectivity index (χ2v) is 6.34. The van der Waals surface area contributed by atoms with Gasteiger partial charge in [0.05, 0.1) is 0 Å². The summed E-state index contributed by atoms with van der Waals surface area (Å²) in [5, 5.41) is 4.06. The highest BCUT2D eigenvalue weighted by Gasteiger charge is 2.20. The number of nitrogens with one attached hydrogen (secondary N) is 1. The van der Waals surface area contributed by atoms with Crippen LogP contribution in [-0.4, -0.2) is 34.0 Å². The van der Waals surface area contributed by atoms with Crippen molar-refractivity contribution in [2.75, 3.05) is 13.1 Å². The Hall–Kier alpha value is -1.56. The van der Waals surface area contributed by atoms with Gasteiger partial charge in [0.2, 0.25) is 0 Å². The Labute approximate surface area is 140 Å². The number of hydrogen-bond donors (Lipinski definition) is 1. The second-order valence-electron chi connectivity index (χ2n) is 5.94. The zero-order valence-electron chi connectivity index (χ0n) is 12.9. The summed E-state index contributed by atoms with van der Waals surface area (Å²) in [4.78, 5) is 10.4. The number of benzene rings is 1. The zero-order chi connectivity index (χ0) is 16.1. The molecule has 0 spiro atoms. The van der Waals surface area contributed by atoms with Crippen molar-refractivity contribution >= 4 is 11.6 Å². The van der Waals surface area contributed by atoms with Crippen molar-refractivity contribution in [3.8, 4) is 0 Å². The number of piperidine rings is 1. The quantitative estimate of drug-likeness (QED) is 0.912. The lowest BCUT2D eigenvalue weighted by atomic mass is 10.0. The minimum atomic E-state index is -0.290. The van der Waals surface area contributed by atoms with Gasteiger partial charge >= 0.3 is 0 Å². The first-order valence-corrected chi connectivity index (χ1v) is 8.22. The van der Waals surface area contributed by atoms with Crippen LogP contribution >= 0.6 is 11.6 Å². The van der Waals surface area contributed by atoms with Gasteiger partial charge in [0.1, 0.15) is 12.1 Å². The lowest BCUT2D eigenvalue weighted by Gasteiger charge is -2.33. The summed E-state index contributed by atoms with van der Waals surface area (Å²) >= 11 is 6.13. The Morgan fingerprint density at radius 3 is 2.91 bits per heavy atom. The van der Waals surface area contributed by atoms with E-state index in [1.54, 1.807) is 6.07 Å². The summed E-state index contributed by atoms with van der Waals surface area (Å²) in [6.07, 6.45) is 7.50. The van der Waals surface area contributed by atoms with Crippen LogP contribution in [-0.2, 0) is 13.1 Å². The molecule has 1 fully saturated rings. The molecule has 0 radical (unpaired) electrons. The number of rotatable bonds is 5. The van der Waals surface area contributed by atoms with Gasteiger partial charge < -0.3 is 5.32 Å². The Morgan fingerprint density at radius 2 is 2.13 bits per heavy atom. The second kappa shape index (κ2) is 7.81. The minimum Gasteiger partial charge on any atom is -0.309 e. The molecule has 0 aliphatic carbocycles. The summed E-state index contributed by atoms with van der Waals surface area (Å²) in [6, 6.07) is 5.06. The van der Waals surface area contributed by atoms with Gasteiger partial charge in [0, 0.05) is 48.7 Å². The van der Waals surface area contributed by atoms with Gasteiger partial charge in [-0.25, -0.2) is 14.4 Å². The van der Waals surface area contributed by atoms with Crippen molar-refractivity contribution in [3.63, 3.8) is 0 Å². The fourth-order valence-corrected chi connectivity index (χ4v) is 3.17. The standard InChI is InChI=1S/C17H20ClFN4/c18-17-6-15(19)4-3-14(17)10-23-5-1-2-16(11-23)22-9-13-7-20-12-21-8-13/h3-4,6-8,12,16,22H,1-2,5,9-11H2. The lowest BCUT2D eigenvalue weighted by molar-refractivity contribution is 0.182. The van der Waals surface area contributed by atoms with Crippen LogP contribution in [0.3, 0.4) is 0 Å². The van der Waals surface area contributed by atoms with Crippen molar-refractivity contribution in [1.82, 2.24) is 20.2 Å². The zero-order valence-corrected chi connectivity index (χ0v) is 13.6. The van der Waals surface area contributed by atoms with Gasteiger partial charge in [-0.1, -0.05) is 17.7 Å². The van der Waals surface area contributed by atoms with E-state index >= 15 is 0 Å². The highest BCUT2D eigenvalue weighted by atomic mass is 35.5. The Bertz CT molecular complexity index is 638. The Balaban J connectivity index is 1.53. The average Bonchev–Trinajstić information content (AvgIpc) is 2.57. The van der Waals surface area contributed by atoms with Crippen LogP contribution in [0.15, 0.2) is 36.9 Å². The molecule has 1 atom stereocenters. The third-order valence-corrected chi connectivity index (χ3v) is 4.48. The molecule has 1 saturated heterocycles. The predicted octanol–water partition coefficient (Wildman–Crippen LogP) is 3.02. The molecule has 6 heteroatoms. The predicted molar refractivity (Wildman–Crippen MR) is 88.6 cm³/mol. The van der Waals surface area contributed by atoms with E-state index in [4.69, 9.17) is 11.6 Å². The van der Waals surface area contributed by atoms with Crippen LogP contribution in [0.5, 0.6) is 0 Å². The van der Waals surface area contributed by atoms with Crippen molar-refractivity contribution in [2.45, 2.75) is 32.0 Å². The summed E-state index contributed by atoms with van der Waals surface area (Å²) in [7, 11) is 0. The number of halogens is 2. The highest BCUT2D eigenvalue weighted by molar-refractivity contribution is 6.31. The summed E-state index contributed by atoms with van der Waals surface area (Å²) in [5.41, 5.74) is 2.07. The first kappa shape index (κ1) is 16.3. The van der Waals surface area contributed by atoms with Crippen LogP contribution in [0.1, 0.15) is 24.0 Å². The maximum absolute atomic E-state index is 13.1. The van der Waals surface area contributed by atoms with Gasteiger partial charge in [-0.2, -0.15) is 0 Å². The van der Waals surface area contributed by atoms with Crippen molar-refractivity contribution in [1.29, 1.82) is 0 Å². The Morgan fingerprint density at radius 1 is 1.30 bits per heavy atom. The molecule has 0 amide bonds. The number of likely N-dealkylation sites (tertiary alicyclic amines) is 1. The maximum Gasteiger partial charge on any atom is 0.124 e. The van der Waals surface area contributed by atoms with Gasteiger partial charge in [0.15, 0.2) is 0 Å². The third-order valence-electron chi connectivity index (χ3n) is 4.12. The fourth-order valence-electron chi connectivity index (χ4n) is 2.94. The molecular weight excluding hydrogens is 315 g/mol. The third kappa shape index (κ3) is 4.70. The van der Waals surface area contributed by atoms with Crippen molar-refractivity contribution < 1.29 is 4.39 Å². The normalized spacial score (nSPS) is 19.0. The molecule has 1 unspecified atom stereocenters. The molecule has 2 aromatic rings. The molecule has 0 bridgehead atoms. The molecule has 1 aliphatic heterocycles. The molecule has 122 valence electrons. The van der Waals surface area contributed by atoms with Gasteiger partial charge in [-0.3, -0.25) is 4.90 Å². The largest absolute Gasteiger partial charge is 0.309 e. The summed E-state index contributed by atoms with van der Waals surface area (Å²) in [6.45, 7) is 3.53. The molecule has 1 aromatic carbocycles. The van der Waals surface area contributed by atoms with Crippen molar-refractivity contribution in [3.05, 3.63) is 58.9 Å². The van der Waals surface area contributed by atoms with E-state index in [1.165, 1.54) is 18.5 Å². The van der Waals surface area contributed by atoms with Gasteiger partial charge in [-0.05, 0) is 37.1 Å². The SMILES string of the molecule is Fc1ccc(CN2CCCC(NCc3cncnc3)C2)c(Cl)c1. The van der Waals surface area contributed by atoms with E-state index in [0.29, 0.717) is 11.1 Å². The van der Waals surface area contributed by atoms with Crippen LogP contribution in [0.4, 0.5) is 4.39 Å².